The molecular formula is C20H12Cl6F3N3O2. The zero-order chi connectivity index (χ0) is 25.4. The van der Waals surface area contributed by atoms with Crippen molar-refractivity contribution >= 4 is 93.5 Å². The number of halogens is 9. The molecule has 1 aliphatic rings. The van der Waals surface area contributed by atoms with Crippen LogP contribution in [-0.2, 0) is 4.79 Å². The van der Waals surface area contributed by atoms with Gasteiger partial charge in [0.2, 0.25) is 5.91 Å². The quantitative estimate of drug-likeness (QED) is 0.161. The summed E-state index contributed by atoms with van der Waals surface area (Å²) in [6, 6.07) is 8.60. The molecule has 14 heteroatoms. The van der Waals surface area contributed by atoms with Gasteiger partial charge in [0.15, 0.2) is 0 Å². The van der Waals surface area contributed by atoms with Gasteiger partial charge >= 0.3 is 6.18 Å². The van der Waals surface area contributed by atoms with Crippen LogP contribution < -0.4 is 5.32 Å². The lowest BCUT2D eigenvalue weighted by molar-refractivity contribution is -0.120. The topological polar surface area (TPSA) is 61.8 Å². The van der Waals surface area contributed by atoms with Crippen LogP contribution in [0.15, 0.2) is 41.5 Å². The van der Waals surface area contributed by atoms with Crippen LogP contribution >= 0.6 is 69.8 Å². The van der Waals surface area contributed by atoms with Crippen molar-refractivity contribution in [3.8, 4) is 0 Å². The Morgan fingerprint density at radius 2 is 1.71 bits per heavy atom. The van der Waals surface area contributed by atoms with Crippen molar-refractivity contribution < 1.29 is 22.8 Å². The number of benzene rings is 2. The molecule has 3 rings (SSSR count). The summed E-state index contributed by atoms with van der Waals surface area (Å²) >= 11 is 36.4. The molecule has 0 heterocycles. The van der Waals surface area contributed by atoms with Gasteiger partial charge in [-0.15, -0.1) is 27.7 Å². The second-order valence-electron chi connectivity index (χ2n) is 7.20. The van der Waals surface area contributed by atoms with Crippen molar-refractivity contribution in [3.63, 3.8) is 0 Å². The van der Waals surface area contributed by atoms with Gasteiger partial charge in [-0.2, -0.15) is 18.3 Å². The smallest absolute Gasteiger partial charge is 0.326 e. The molecule has 34 heavy (non-hydrogen) atoms. The lowest BCUT2D eigenvalue weighted by Crippen LogP contribution is -2.20. The molecule has 2 aromatic carbocycles. The zero-order valence-corrected chi connectivity index (χ0v) is 21.1. The minimum atomic E-state index is -4.51. The van der Waals surface area contributed by atoms with E-state index in [9.17, 15) is 22.8 Å². The van der Waals surface area contributed by atoms with Crippen molar-refractivity contribution in [2.45, 2.75) is 22.8 Å². The third kappa shape index (κ3) is 6.42. The Kier molecular flexibility index (Phi) is 8.22. The van der Waals surface area contributed by atoms with Gasteiger partial charge in [-0.3, -0.25) is 9.59 Å². The number of rotatable bonds is 6. The molecule has 0 spiro atoms. The Morgan fingerprint density at radius 1 is 1.09 bits per heavy atom. The SMILES string of the molecule is O=C(Nc1ccc(Cl)c(C(=O)N(Cl)N=CCC(F)(F)F)c1)C1C(c2cc(Cl)cc(Cl)c2)C1(Cl)Cl. The molecule has 1 N–H and O–H groups in total. The number of nitrogens with zero attached hydrogens (tertiary/aromatic N) is 2. The molecule has 0 bridgehead atoms. The number of nitrogens with one attached hydrogen (secondary N) is 1. The molecule has 1 fully saturated rings. The zero-order valence-electron chi connectivity index (χ0n) is 16.5. The fourth-order valence-electron chi connectivity index (χ4n) is 3.18. The van der Waals surface area contributed by atoms with E-state index in [1.54, 1.807) is 12.1 Å². The number of carbonyl (C=O) groups is 2. The van der Waals surface area contributed by atoms with Gasteiger partial charge in [-0.25, -0.2) is 0 Å². The Bertz CT molecular complexity index is 1140. The highest BCUT2D eigenvalue weighted by Gasteiger charge is 2.67. The van der Waals surface area contributed by atoms with Crippen LogP contribution in [0.2, 0.25) is 15.1 Å². The molecule has 1 saturated carbocycles. The lowest BCUT2D eigenvalue weighted by Gasteiger charge is -2.12. The molecule has 0 saturated heterocycles. The standard InChI is InChI=1S/C20H12Cl6F3N3O2/c21-10-5-9(6-11(22)7-10)15-16(20(15,24)25)17(33)31-12-1-2-14(23)13(8-12)18(34)32(26)30-4-3-19(27,28)29/h1-2,4-8,15-16H,3H2,(H,31,33). The van der Waals surface area contributed by atoms with E-state index in [4.69, 9.17) is 69.8 Å². The molecule has 182 valence electrons. The van der Waals surface area contributed by atoms with Crippen molar-refractivity contribution in [2.75, 3.05) is 5.32 Å². The number of amides is 2. The molecule has 2 aromatic rings. The first-order chi connectivity index (χ1) is 15.7. The molecule has 0 radical (unpaired) electrons. The predicted molar refractivity (Wildman–Crippen MR) is 128 cm³/mol. The predicted octanol–water partition coefficient (Wildman–Crippen LogP) is 7.71. The van der Waals surface area contributed by atoms with Gasteiger partial charge in [0, 0.05) is 39.6 Å². The molecule has 0 aromatic heterocycles. The summed E-state index contributed by atoms with van der Waals surface area (Å²) in [7, 11) is 0. The molecule has 5 nitrogen and oxygen atoms in total. The van der Waals surface area contributed by atoms with Gasteiger partial charge in [0.1, 0.15) is 4.33 Å². The van der Waals surface area contributed by atoms with E-state index in [2.05, 4.69) is 10.4 Å². The van der Waals surface area contributed by atoms with Gasteiger partial charge < -0.3 is 5.32 Å². The van der Waals surface area contributed by atoms with Gasteiger partial charge in [0.05, 0.1) is 22.9 Å². The first kappa shape index (κ1) is 27.2. The Balaban J connectivity index is 1.75. The number of hydrogen-bond acceptors (Lipinski definition) is 3. The van der Waals surface area contributed by atoms with E-state index in [1.165, 1.54) is 24.3 Å². The normalized spacial score (nSPS) is 19.2. The number of hydrazone groups is 1. The monoisotopic (exact) mass is 593 g/mol. The van der Waals surface area contributed by atoms with Crippen LogP contribution in [0.5, 0.6) is 0 Å². The van der Waals surface area contributed by atoms with E-state index in [-0.39, 0.29) is 20.8 Å². The molecule has 2 amide bonds. The van der Waals surface area contributed by atoms with Crippen LogP contribution in [0.1, 0.15) is 28.3 Å². The highest BCUT2D eigenvalue weighted by molar-refractivity contribution is 6.53. The molecule has 0 aliphatic heterocycles. The Hall–Kier alpha value is -1.42. The number of alkyl halides is 5. The van der Waals surface area contributed by atoms with E-state index < -0.39 is 40.6 Å². The van der Waals surface area contributed by atoms with Crippen LogP contribution in [-0.4, -0.2) is 33.1 Å². The number of hydrogen-bond donors (Lipinski definition) is 1. The van der Waals surface area contributed by atoms with Crippen LogP contribution in [0.4, 0.5) is 18.9 Å². The first-order valence-corrected chi connectivity index (χ1v) is 11.5. The molecule has 1 aliphatic carbocycles. The fourth-order valence-corrected chi connectivity index (χ4v) is 4.90. The average molecular weight is 596 g/mol. The third-order valence-electron chi connectivity index (χ3n) is 4.72. The summed E-state index contributed by atoms with van der Waals surface area (Å²) in [5.74, 6) is -3.03. The van der Waals surface area contributed by atoms with Gasteiger partial charge in [-0.05, 0) is 42.0 Å². The fraction of sp³-hybridized carbons (Fsp3) is 0.250. The second-order valence-corrected chi connectivity index (χ2v) is 10.2. The Labute approximate surface area is 221 Å². The minimum Gasteiger partial charge on any atom is -0.326 e. The summed E-state index contributed by atoms with van der Waals surface area (Å²) in [6.07, 6.45) is -5.46. The number of carbonyl (C=O) groups excluding carboxylic acids is 2. The summed E-state index contributed by atoms with van der Waals surface area (Å²) in [5.41, 5.74) is 0.501. The molecule has 2 atom stereocenters. The van der Waals surface area contributed by atoms with E-state index in [0.29, 0.717) is 21.8 Å². The molecule has 2 unspecified atom stereocenters. The maximum Gasteiger partial charge on any atom is 0.394 e. The van der Waals surface area contributed by atoms with Crippen LogP contribution in [0.3, 0.4) is 0 Å². The van der Waals surface area contributed by atoms with E-state index in [0.717, 1.165) is 0 Å². The maximum absolute atomic E-state index is 12.8. The highest BCUT2D eigenvalue weighted by Crippen LogP contribution is 2.65. The van der Waals surface area contributed by atoms with Gasteiger partial charge in [-0.1, -0.05) is 34.8 Å². The first-order valence-electron chi connectivity index (χ1n) is 9.24. The van der Waals surface area contributed by atoms with Crippen LogP contribution in [0, 0.1) is 5.92 Å². The van der Waals surface area contributed by atoms with Crippen molar-refractivity contribution in [1.29, 1.82) is 0 Å². The second kappa shape index (κ2) is 10.3. The highest BCUT2D eigenvalue weighted by atomic mass is 35.5. The van der Waals surface area contributed by atoms with E-state index in [1.807, 2.05) is 0 Å². The van der Waals surface area contributed by atoms with E-state index >= 15 is 0 Å². The van der Waals surface area contributed by atoms with Gasteiger partial charge in [0.25, 0.3) is 5.91 Å². The molecular weight excluding hydrogens is 584 g/mol. The summed E-state index contributed by atoms with van der Waals surface area (Å²) < 4.78 is 35.5. The minimum absolute atomic E-state index is 0.0680. The van der Waals surface area contributed by atoms with Crippen molar-refractivity contribution in [2.24, 2.45) is 11.0 Å². The lowest BCUT2D eigenvalue weighted by atomic mass is 10.1. The van der Waals surface area contributed by atoms with Crippen molar-refractivity contribution in [1.82, 2.24) is 4.53 Å². The third-order valence-corrected chi connectivity index (χ3v) is 6.66. The van der Waals surface area contributed by atoms with Crippen LogP contribution in [0.25, 0.3) is 0 Å². The summed E-state index contributed by atoms with van der Waals surface area (Å²) in [5, 5.41) is 6.44. The summed E-state index contributed by atoms with van der Waals surface area (Å²) in [4.78, 5) is 25.3. The largest absolute Gasteiger partial charge is 0.394 e. The van der Waals surface area contributed by atoms with Crippen molar-refractivity contribution in [3.05, 3.63) is 62.6 Å². The maximum atomic E-state index is 12.8. The average Bonchev–Trinajstić information content (AvgIpc) is 3.29. The Morgan fingerprint density at radius 3 is 2.29 bits per heavy atom. The number of anilines is 1. The summed E-state index contributed by atoms with van der Waals surface area (Å²) in [6.45, 7) is 0.